The van der Waals surface area contributed by atoms with Gasteiger partial charge in [-0.3, -0.25) is 0 Å². The number of hydrogen-bond donors (Lipinski definition) is 0. The van der Waals surface area contributed by atoms with Crippen molar-refractivity contribution in [3.8, 4) is 0 Å². The van der Waals surface area contributed by atoms with Crippen molar-refractivity contribution in [2.75, 3.05) is 18.7 Å². The first kappa shape index (κ1) is 15.5. The van der Waals surface area contributed by atoms with Gasteiger partial charge in [-0.15, -0.1) is 11.6 Å². The Morgan fingerprint density at radius 1 is 1.00 bits per heavy atom. The largest absolute Gasteiger partial charge is 0.393 e. The van der Waals surface area contributed by atoms with E-state index in [-0.39, 0.29) is 0 Å². The van der Waals surface area contributed by atoms with Crippen LogP contribution in [0.5, 0.6) is 0 Å². The molecule has 0 amide bonds. The van der Waals surface area contributed by atoms with Crippen LogP contribution in [-0.2, 0) is 8.85 Å². The predicted octanol–water partition coefficient (Wildman–Crippen LogP) is 4.39. The van der Waals surface area contributed by atoms with E-state index in [0.717, 1.165) is 26.1 Å². The molecule has 0 aromatic carbocycles. The van der Waals surface area contributed by atoms with Crippen LogP contribution >= 0.6 is 11.6 Å². The predicted molar refractivity (Wildman–Crippen MR) is 75.8 cm³/mol. The molecule has 1 rings (SSSR count). The fraction of sp³-hybridized carbons (Fsp3) is 1.00. The van der Waals surface area contributed by atoms with Crippen molar-refractivity contribution in [3.63, 3.8) is 0 Å². The molecule has 0 aliphatic heterocycles. The van der Waals surface area contributed by atoms with Crippen LogP contribution in [-0.4, -0.2) is 27.3 Å². The summed E-state index contributed by atoms with van der Waals surface area (Å²) in [5.41, 5.74) is 1.21. The number of hydrogen-bond acceptors (Lipinski definition) is 2. The minimum absolute atomic E-state index is 0.595. The highest BCUT2D eigenvalue weighted by atomic mass is 35.5. The second-order valence-corrected chi connectivity index (χ2v) is 9.06. The van der Waals surface area contributed by atoms with Crippen LogP contribution in [0.1, 0.15) is 58.8 Å². The van der Waals surface area contributed by atoms with Gasteiger partial charge in [0.2, 0.25) is 0 Å². The normalized spacial score (nSPS) is 18.5. The Morgan fingerprint density at radius 2 is 1.53 bits per heavy atom. The molecular weight excluding hydrogens is 252 g/mol. The Balaban J connectivity index is 2.64. The van der Waals surface area contributed by atoms with Gasteiger partial charge in [0.15, 0.2) is 0 Å². The lowest BCUT2D eigenvalue weighted by Gasteiger charge is -2.38. The van der Waals surface area contributed by atoms with Crippen LogP contribution in [0.3, 0.4) is 0 Å². The van der Waals surface area contributed by atoms with Crippen LogP contribution in [0.4, 0.5) is 0 Å². The lowest BCUT2D eigenvalue weighted by molar-refractivity contribution is 0.155. The lowest BCUT2D eigenvalue weighted by Crippen LogP contribution is -2.50. The van der Waals surface area contributed by atoms with Gasteiger partial charge in [0, 0.05) is 18.8 Å². The van der Waals surface area contributed by atoms with Crippen LogP contribution in [0.25, 0.3) is 0 Å². The standard InChI is InChI=1S/C13H27ClO2Si/c1-3-10-15-17(12-14,16-11-4-2)13-8-6-5-7-9-13/h13H,3-12H2,1-2H3. The van der Waals surface area contributed by atoms with Gasteiger partial charge in [-0.1, -0.05) is 33.1 Å². The molecule has 0 heterocycles. The summed E-state index contributed by atoms with van der Waals surface area (Å²) in [5.74, 6) is 0. The molecule has 0 bridgehead atoms. The third-order valence-corrected chi connectivity index (χ3v) is 8.21. The molecule has 102 valence electrons. The minimum atomic E-state index is -2.15. The highest BCUT2D eigenvalue weighted by molar-refractivity contribution is 6.75. The molecule has 17 heavy (non-hydrogen) atoms. The third-order valence-electron chi connectivity index (χ3n) is 3.51. The van der Waals surface area contributed by atoms with Crippen molar-refractivity contribution in [2.45, 2.75) is 64.3 Å². The molecule has 0 unspecified atom stereocenters. The summed E-state index contributed by atoms with van der Waals surface area (Å²) >= 11 is 6.24. The van der Waals surface area contributed by atoms with Crippen LogP contribution in [0, 0.1) is 0 Å². The summed E-state index contributed by atoms with van der Waals surface area (Å²) in [5, 5.41) is 0. The molecule has 0 aromatic rings. The van der Waals surface area contributed by atoms with Gasteiger partial charge in [-0.2, -0.15) is 0 Å². The smallest absolute Gasteiger partial charge is 0.356 e. The molecule has 1 aliphatic rings. The fourth-order valence-corrected chi connectivity index (χ4v) is 6.99. The fourth-order valence-electron chi connectivity index (χ4n) is 2.56. The quantitative estimate of drug-likeness (QED) is 0.484. The van der Waals surface area contributed by atoms with E-state index in [1.807, 2.05) is 0 Å². The molecule has 1 aliphatic carbocycles. The van der Waals surface area contributed by atoms with Crippen molar-refractivity contribution in [1.29, 1.82) is 0 Å². The maximum Gasteiger partial charge on any atom is 0.356 e. The molecule has 0 radical (unpaired) electrons. The van der Waals surface area contributed by atoms with E-state index in [1.165, 1.54) is 32.1 Å². The first-order chi connectivity index (χ1) is 8.29. The van der Waals surface area contributed by atoms with E-state index in [2.05, 4.69) is 13.8 Å². The van der Waals surface area contributed by atoms with Gasteiger partial charge in [0.05, 0.1) is 5.50 Å². The van der Waals surface area contributed by atoms with Crippen LogP contribution < -0.4 is 0 Å². The molecule has 0 saturated heterocycles. The third kappa shape index (κ3) is 4.55. The van der Waals surface area contributed by atoms with E-state index in [4.69, 9.17) is 20.5 Å². The molecule has 1 saturated carbocycles. The molecule has 2 nitrogen and oxygen atoms in total. The number of halogens is 1. The van der Waals surface area contributed by atoms with Gasteiger partial charge in [0.25, 0.3) is 0 Å². The highest BCUT2D eigenvalue weighted by Gasteiger charge is 2.45. The molecule has 1 fully saturated rings. The maximum atomic E-state index is 6.24. The number of rotatable bonds is 8. The summed E-state index contributed by atoms with van der Waals surface area (Å²) in [6.45, 7) is 5.90. The topological polar surface area (TPSA) is 18.5 Å². The lowest BCUT2D eigenvalue weighted by atomic mass is 10.0. The monoisotopic (exact) mass is 278 g/mol. The second kappa shape index (κ2) is 8.52. The van der Waals surface area contributed by atoms with E-state index in [1.54, 1.807) is 0 Å². The van der Waals surface area contributed by atoms with Gasteiger partial charge < -0.3 is 8.85 Å². The summed E-state index contributed by atoms with van der Waals surface area (Å²) in [6.07, 6.45) is 8.62. The van der Waals surface area contributed by atoms with Crippen LogP contribution in [0.15, 0.2) is 0 Å². The van der Waals surface area contributed by atoms with Gasteiger partial charge in [-0.25, -0.2) is 0 Å². The summed E-state index contributed by atoms with van der Waals surface area (Å²) in [6, 6.07) is 0. The van der Waals surface area contributed by atoms with Crippen molar-refractivity contribution in [1.82, 2.24) is 0 Å². The van der Waals surface area contributed by atoms with Crippen molar-refractivity contribution >= 4 is 20.2 Å². The first-order valence-electron chi connectivity index (χ1n) is 7.13. The van der Waals surface area contributed by atoms with Gasteiger partial charge in [0.1, 0.15) is 0 Å². The molecule has 0 spiro atoms. The molecule has 0 atom stereocenters. The second-order valence-electron chi connectivity index (χ2n) is 4.98. The van der Waals surface area contributed by atoms with E-state index in [0.29, 0.717) is 11.0 Å². The zero-order valence-electron chi connectivity index (χ0n) is 11.3. The van der Waals surface area contributed by atoms with Crippen LogP contribution in [0.2, 0.25) is 5.54 Å². The van der Waals surface area contributed by atoms with Gasteiger partial charge >= 0.3 is 8.56 Å². The Morgan fingerprint density at radius 3 is 1.94 bits per heavy atom. The summed E-state index contributed by atoms with van der Waals surface area (Å²) in [7, 11) is -2.15. The Kier molecular flexibility index (Phi) is 7.76. The zero-order valence-corrected chi connectivity index (χ0v) is 13.1. The van der Waals surface area contributed by atoms with Crippen molar-refractivity contribution < 1.29 is 8.85 Å². The summed E-state index contributed by atoms with van der Waals surface area (Å²) < 4.78 is 12.3. The Labute approximate surface area is 112 Å². The van der Waals surface area contributed by atoms with Crippen molar-refractivity contribution in [3.05, 3.63) is 0 Å². The SMILES string of the molecule is CCCO[Si](CCl)(OCCC)C1CCCCC1. The Hall–Kier alpha value is 0.427. The summed E-state index contributed by atoms with van der Waals surface area (Å²) in [4.78, 5) is 0. The first-order valence-corrected chi connectivity index (χ1v) is 9.76. The minimum Gasteiger partial charge on any atom is -0.393 e. The molecular formula is C13H27ClO2Si. The molecule has 0 aromatic heterocycles. The molecule has 4 heteroatoms. The van der Waals surface area contributed by atoms with Gasteiger partial charge in [-0.05, 0) is 25.7 Å². The Bertz CT molecular complexity index is 188. The number of alkyl halides is 1. The maximum absolute atomic E-state index is 6.24. The van der Waals surface area contributed by atoms with E-state index >= 15 is 0 Å². The highest BCUT2D eigenvalue weighted by Crippen LogP contribution is 2.39. The molecule has 0 N–H and O–H groups in total. The average molecular weight is 279 g/mol. The van der Waals surface area contributed by atoms with E-state index < -0.39 is 8.56 Å². The zero-order chi connectivity index (χ0) is 12.6. The van der Waals surface area contributed by atoms with Crippen molar-refractivity contribution in [2.24, 2.45) is 0 Å². The van der Waals surface area contributed by atoms with E-state index in [9.17, 15) is 0 Å². The average Bonchev–Trinajstić information content (AvgIpc) is 2.41.